The van der Waals surface area contributed by atoms with Crippen LogP contribution in [0.2, 0.25) is 0 Å². The number of carbonyl (C=O) groups excluding carboxylic acids is 2. The highest BCUT2D eigenvalue weighted by Crippen LogP contribution is 2.14. The highest BCUT2D eigenvalue weighted by Gasteiger charge is 2.18. The van der Waals surface area contributed by atoms with Gasteiger partial charge >= 0.3 is 11.9 Å². The number of hydrogen-bond donors (Lipinski definition) is 3. The third-order valence-electron chi connectivity index (χ3n) is 6.32. The molecule has 4 N–H and O–H groups in total. The van der Waals surface area contributed by atoms with Gasteiger partial charge in [-0.25, -0.2) is 4.79 Å². The van der Waals surface area contributed by atoms with Gasteiger partial charge < -0.3 is 20.9 Å². The van der Waals surface area contributed by atoms with Crippen LogP contribution in [0.3, 0.4) is 0 Å². The molecule has 2 atom stereocenters. The van der Waals surface area contributed by atoms with Crippen LogP contribution >= 0.6 is 0 Å². The first-order valence-corrected chi connectivity index (χ1v) is 14.5. The Labute approximate surface area is 220 Å². The Morgan fingerprint density at radius 1 is 0.806 bits per heavy atom. The molecule has 1 amide bonds. The molecule has 0 aromatic rings. The van der Waals surface area contributed by atoms with Crippen molar-refractivity contribution in [3.05, 3.63) is 12.2 Å². The summed E-state index contributed by atoms with van der Waals surface area (Å²) in [5.74, 6) is -1.35. The number of aliphatic carboxylic acids is 1. The smallest absolute Gasteiger partial charge is 0.326 e. The molecule has 210 valence electrons. The van der Waals surface area contributed by atoms with E-state index in [9.17, 15) is 19.5 Å². The van der Waals surface area contributed by atoms with Crippen molar-refractivity contribution in [1.82, 2.24) is 5.32 Å². The molecule has 0 aliphatic heterocycles. The summed E-state index contributed by atoms with van der Waals surface area (Å²) < 4.78 is 5.76. The van der Waals surface area contributed by atoms with Gasteiger partial charge in [0.25, 0.3) is 0 Å². The summed E-state index contributed by atoms with van der Waals surface area (Å²) in [4.78, 5) is 35.6. The average Bonchev–Trinajstić information content (AvgIpc) is 2.85. The van der Waals surface area contributed by atoms with Gasteiger partial charge in [0.05, 0.1) is 0 Å². The van der Waals surface area contributed by atoms with E-state index in [1.165, 1.54) is 32.1 Å². The summed E-state index contributed by atoms with van der Waals surface area (Å²) in [5, 5.41) is 11.8. The molecule has 0 bridgehead atoms. The van der Waals surface area contributed by atoms with E-state index in [-0.39, 0.29) is 18.0 Å². The van der Waals surface area contributed by atoms with E-state index < -0.39 is 12.0 Å². The third kappa shape index (κ3) is 21.4. The zero-order chi connectivity index (χ0) is 26.9. The zero-order valence-corrected chi connectivity index (χ0v) is 23.1. The van der Waals surface area contributed by atoms with Gasteiger partial charge in [0, 0.05) is 12.8 Å². The number of esters is 1. The van der Waals surface area contributed by atoms with Crippen molar-refractivity contribution >= 4 is 17.8 Å². The fourth-order valence-electron chi connectivity index (χ4n) is 4.05. The summed E-state index contributed by atoms with van der Waals surface area (Å²) >= 11 is 0. The van der Waals surface area contributed by atoms with Crippen molar-refractivity contribution in [3.8, 4) is 0 Å². The number of rotatable bonds is 25. The van der Waals surface area contributed by atoms with Crippen LogP contribution in [-0.2, 0) is 19.1 Å². The highest BCUT2D eigenvalue weighted by molar-refractivity contribution is 5.83. The Balaban J connectivity index is 4.23. The Bertz CT molecular complexity index is 594. The molecule has 36 heavy (non-hydrogen) atoms. The van der Waals surface area contributed by atoms with E-state index in [4.69, 9.17) is 10.5 Å². The molecule has 7 nitrogen and oxygen atoms in total. The van der Waals surface area contributed by atoms with Crippen molar-refractivity contribution in [1.29, 1.82) is 0 Å². The Morgan fingerprint density at radius 2 is 1.42 bits per heavy atom. The van der Waals surface area contributed by atoms with Crippen LogP contribution in [0.4, 0.5) is 0 Å². The summed E-state index contributed by atoms with van der Waals surface area (Å²) in [5.41, 5.74) is 5.43. The fourth-order valence-corrected chi connectivity index (χ4v) is 4.05. The number of carboxylic acid groups (broad SMARTS) is 1. The van der Waals surface area contributed by atoms with E-state index in [0.717, 1.165) is 57.8 Å². The molecular formula is C29H54N2O5. The second kappa shape index (κ2) is 24.8. The molecule has 0 saturated carbocycles. The normalized spacial score (nSPS) is 13.0. The molecule has 0 saturated heterocycles. The van der Waals surface area contributed by atoms with Crippen molar-refractivity contribution < 1.29 is 24.2 Å². The monoisotopic (exact) mass is 510 g/mol. The number of unbranched alkanes of at least 4 members (excludes halogenated alkanes) is 11. The second-order valence-electron chi connectivity index (χ2n) is 9.81. The van der Waals surface area contributed by atoms with E-state index in [1.54, 1.807) is 0 Å². The molecule has 0 spiro atoms. The molecule has 0 heterocycles. The van der Waals surface area contributed by atoms with Gasteiger partial charge in [-0.15, -0.1) is 0 Å². The molecule has 7 heteroatoms. The largest absolute Gasteiger partial charge is 0.480 e. The SMILES string of the molecule is CCCC/C=C\C(CCCCCCC(=O)NC(CCCN)C(=O)O)OC(=O)CCCCCCCCC. The molecule has 0 aromatic heterocycles. The maximum atomic E-state index is 12.3. The maximum Gasteiger partial charge on any atom is 0.326 e. The number of carboxylic acids is 1. The van der Waals surface area contributed by atoms with E-state index in [1.807, 2.05) is 6.08 Å². The second-order valence-corrected chi connectivity index (χ2v) is 9.81. The van der Waals surface area contributed by atoms with Crippen LogP contribution in [0.15, 0.2) is 12.2 Å². The number of allylic oxidation sites excluding steroid dienone is 1. The van der Waals surface area contributed by atoms with E-state index >= 15 is 0 Å². The molecule has 0 rings (SSSR count). The van der Waals surface area contributed by atoms with Gasteiger partial charge in [-0.05, 0) is 57.6 Å². The predicted molar refractivity (Wildman–Crippen MR) is 147 cm³/mol. The lowest BCUT2D eigenvalue weighted by Crippen LogP contribution is -2.40. The van der Waals surface area contributed by atoms with Gasteiger partial charge in [-0.1, -0.05) is 84.1 Å². The van der Waals surface area contributed by atoms with E-state index in [2.05, 4.69) is 25.2 Å². The third-order valence-corrected chi connectivity index (χ3v) is 6.32. The zero-order valence-electron chi connectivity index (χ0n) is 23.1. The van der Waals surface area contributed by atoms with Crippen LogP contribution in [0.1, 0.15) is 136 Å². The Hall–Kier alpha value is -1.89. The molecule has 0 aliphatic rings. The first-order valence-electron chi connectivity index (χ1n) is 14.5. The topological polar surface area (TPSA) is 119 Å². The summed E-state index contributed by atoms with van der Waals surface area (Å²) in [6.07, 6.45) is 21.5. The van der Waals surface area contributed by atoms with E-state index in [0.29, 0.717) is 38.6 Å². The number of carbonyl (C=O) groups is 3. The number of nitrogens with two attached hydrogens (primary N) is 1. The lowest BCUT2D eigenvalue weighted by molar-refractivity contribution is -0.147. The van der Waals surface area contributed by atoms with Gasteiger partial charge in [0.1, 0.15) is 12.1 Å². The highest BCUT2D eigenvalue weighted by atomic mass is 16.5. The minimum Gasteiger partial charge on any atom is -0.480 e. The van der Waals surface area contributed by atoms with Crippen molar-refractivity contribution in [2.45, 2.75) is 148 Å². The molecule has 0 aliphatic carbocycles. The molecular weight excluding hydrogens is 456 g/mol. The van der Waals surface area contributed by atoms with Crippen molar-refractivity contribution in [3.63, 3.8) is 0 Å². The van der Waals surface area contributed by atoms with Gasteiger partial charge in [0.2, 0.25) is 5.91 Å². The number of amides is 1. The van der Waals surface area contributed by atoms with Crippen LogP contribution in [-0.4, -0.2) is 41.6 Å². The predicted octanol–water partition coefficient (Wildman–Crippen LogP) is 6.43. The van der Waals surface area contributed by atoms with Crippen LogP contribution in [0, 0.1) is 0 Å². The van der Waals surface area contributed by atoms with Crippen LogP contribution in [0.5, 0.6) is 0 Å². The molecule has 0 radical (unpaired) electrons. The first-order chi connectivity index (χ1) is 17.4. The first kappa shape index (κ1) is 34.1. The summed E-state index contributed by atoms with van der Waals surface area (Å²) in [7, 11) is 0. The fraction of sp³-hybridized carbons (Fsp3) is 0.828. The molecule has 0 fully saturated rings. The average molecular weight is 511 g/mol. The maximum absolute atomic E-state index is 12.3. The van der Waals surface area contributed by atoms with Crippen molar-refractivity contribution in [2.75, 3.05) is 6.54 Å². The Morgan fingerprint density at radius 3 is 2.06 bits per heavy atom. The summed E-state index contributed by atoms with van der Waals surface area (Å²) in [6.45, 7) is 4.78. The van der Waals surface area contributed by atoms with Gasteiger partial charge in [-0.2, -0.15) is 0 Å². The minimum absolute atomic E-state index is 0.104. The number of ether oxygens (including phenoxy) is 1. The Kier molecular flexibility index (Phi) is 23.5. The summed E-state index contributed by atoms with van der Waals surface area (Å²) in [6, 6.07) is -0.864. The lowest BCUT2D eigenvalue weighted by atomic mass is 10.1. The number of hydrogen-bond acceptors (Lipinski definition) is 5. The van der Waals surface area contributed by atoms with Crippen LogP contribution in [0.25, 0.3) is 0 Å². The number of nitrogens with one attached hydrogen (secondary N) is 1. The quantitative estimate of drug-likeness (QED) is 0.0739. The molecule has 0 aromatic carbocycles. The minimum atomic E-state index is -1.02. The standard InChI is InChI=1S/C29H54N2O5/c1-3-5-7-9-10-11-17-23-28(33)36-25(19-14-8-6-4-2)20-15-12-13-16-22-27(32)31-26(29(34)35)21-18-24-30/h14,19,25-26H,3-13,15-18,20-24,30H2,1-2H3,(H,31,32)(H,34,35)/b19-14-. The van der Waals surface area contributed by atoms with Gasteiger partial charge in [-0.3, -0.25) is 9.59 Å². The lowest BCUT2D eigenvalue weighted by Gasteiger charge is -2.15. The van der Waals surface area contributed by atoms with Crippen molar-refractivity contribution in [2.24, 2.45) is 5.73 Å². The molecule has 2 unspecified atom stereocenters. The van der Waals surface area contributed by atoms with Gasteiger partial charge in [0.15, 0.2) is 0 Å². The van der Waals surface area contributed by atoms with Crippen LogP contribution < -0.4 is 11.1 Å².